The van der Waals surface area contributed by atoms with E-state index in [0.717, 1.165) is 10.8 Å². The van der Waals surface area contributed by atoms with Gasteiger partial charge >= 0.3 is 0 Å². The maximum absolute atomic E-state index is 12.9. The lowest BCUT2D eigenvalue weighted by Crippen LogP contribution is -2.52. The normalized spacial score (nSPS) is 17.9. The number of nitrogens with one attached hydrogen (secondary N) is 1. The molecule has 1 aliphatic rings. The van der Waals surface area contributed by atoms with Crippen molar-refractivity contribution in [3.05, 3.63) is 41.4 Å². The van der Waals surface area contributed by atoms with Gasteiger partial charge in [0.25, 0.3) is 0 Å². The Hall–Kier alpha value is -2.20. The van der Waals surface area contributed by atoms with Gasteiger partial charge in [-0.2, -0.15) is 4.72 Å². The molecule has 1 aliphatic heterocycles. The van der Waals surface area contributed by atoms with Crippen LogP contribution in [0, 0.1) is 0 Å². The van der Waals surface area contributed by atoms with Gasteiger partial charge in [0.05, 0.1) is 4.90 Å². The number of benzene rings is 2. The molecule has 1 fully saturated rings. The summed E-state index contributed by atoms with van der Waals surface area (Å²) < 4.78 is 28.4. The smallest absolute Gasteiger partial charge is 0.245 e. The highest BCUT2D eigenvalue weighted by Gasteiger charge is 2.40. The number of carbonyl (C=O) groups is 2. The second-order valence-electron chi connectivity index (χ2n) is 8.24. The molecule has 10 heteroatoms. The number of carbonyl (C=O) groups excluding carboxylic acids is 2. The highest BCUT2D eigenvalue weighted by atomic mass is 35.5. The zero-order valence-electron chi connectivity index (χ0n) is 18.4. The van der Waals surface area contributed by atoms with Gasteiger partial charge in [0.15, 0.2) is 0 Å². The van der Waals surface area contributed by atoms with Crippen LogP contribution in [0.1, 0.15) is 27.2 Å². The molecule has 8 nitrogen and oxygen atoms in total. The number of rotatable bonds is 8. The first-order valence-electron chi connectivity index (χ1n) is 10.6. The number of halogens is 1. The first kappa shape index (κ1) is 24.4. The average Bonchev–Trinajstić information content (AvgIpc) is 3.09. The maximum Gasteiger partial charge on any atom is 0.245 e. The van der Waals surface area contributed by atoms with Crippen molar-refractivity contribution in [2.24, 2.45) is 5.73 Å². The van der Waals surface area contributed by atoms with Crippen LogP contribution in [0.15, 0.2) is 41.3 Å². The summed E-state index contributed by atoms with van der Waals surface area (Å²) in [6.07, 6.45) is 0.289. The molecule has 0 saturated carbocycles. The molecular formula is C22H29ClN4O4S. The van der Waals surface area contributed by atoms with Gasteiger partial charge in [-0.25, -0.2) is 8.42 Å². The Morgan fingerprint density at radius 2 is 1.88 bits per heavy atom. The molecular weight excluding hydrogens is 452 g/mol. The van der Waals surface area contributed by atoms with Gasteiger partial charge in [-0.1, -0.05) is 23.7 Å². The molecule has 1 heterocycles. The summed E-state index contributed by atoms with van der Waals surface area (Å²) in [5.41, 5.74) is 5.62. The van der Waals surface area contributed by atoms with Crippen LogP contribution in [0.5, 0.6) is 0 Å². The molecule has 174 valence electrons. The number of likely N-dealkylation sites (tertiary alicyclic amines) is 1. The molecule has 3 N–H and O–H groups in total. The predicted molar refractivity (Wildman–Crippen MR) is 125 cm³/mol. The fourth-order valence-electron chi connectivity index (χ4n) is 3.95. The van der Waals surface area contributed by atoms with Crippen molar-refractivity contribution in [3.63, 3.8) is 0 Å². The summed E-state index contributed by atoms with van der Waals surface area (Å²) in [4.78, 5) is 29.0. The fraction of sp³-hybridized carbons (Fsp3) is 0.455. The van der Waals surface area contributed by atoms with Crippen LogP contribution >= 0.6 is 11.6 Å². The molecule has 0 spiro atoms. The summed E-state index contributed by atoms with van der Waals surface area (Å²) >= 11 is 5.99. The Kier molecular flexibility index (Phi) is 7.44. The van der Waals surface area contributed by atoms with E-state index >= 15 is 0 Å². The fourth-order valence-corrected chi connectivity index (χ4v) is 5.39. The molecule has 32 heavy (non-hydrogen) atoms. The Bertz CT molecular complexity index is 1120. The molecule has 0 aromatic heterocycles. The molecule has 2 aromatic rings. The summed E-state index contributed by atoms with van der Waals surface area (Å²) in [5.74, 6) is -0.603. The third-order valence-corrected chi connectivity index (χ3v) is 7.43. The third kappa shape index (κ3) is 5.06. The lowest BCUT2D eigenvalue weighted by Gasteiger charge is -2.32. The molecule has 0 unspecified atom stereocenters. The van der Waals surface area contributed by atoms with Crippen molar-refractivity contribution in [1.82, 2.24) is 14.5 Å². The summed E-state index contributed by atoms with van der Waals surface area (Å²) in [7, 11) is -3.93. The Morgan fingerprint density at radius 1 is 1.22 bits per heavy atom. The summed E-state index contributed by atoms with van der Waals surface area (Å²) in [6, 6.07) is 8.23. The van der Waals surface area contributed by atoms with Crippen molar-refractivity contribution in [1.29, 1.82) is 0 Å². The van der Waals surface area contributed by atoms with Crippen LogP contribution in [-0.4, -0.2) is 67.8 Å². The zero-order chi connectivity index (χ0) is 23.6. The minimum Gasteiger partial charge on any atom is -0.337 e. The van der Waals surface area contributed by atoms with Gasteiger partial charge in [0.1, 0.15) is 12.1 Å². The quantitative estimate of drug-likeness (QED) is 0.599. The minimum absolute atomic E-state index is 0.0525. The maximum atomic E-state index is 12.9. The van der Waals surface area contributed by atoms with Crippen LogP contribution in [0.4, 0.5) is 0 Å². The number of fused-ring (bicyclic) bond motifs is 1. The van der Waals surface area contributed by atoms with Crippen LogP contribution < -0.4 is 10.5 Å². The Balaban J connectivity index is 1.74. The van der Waals surface area contributed by atoms with Crippen molar-refractivity contribution < 1.29 is 18.0 Å². The van der Waals surface area contributed by atoms with Gasteiger partial charge in [-0.05, 0) is 62.2 Å². The minimum atomic E-state index is -3.93. The standard InChI is InChI=1S/C22H29ClN4O4S/c1-14(2)26(11-9-24)21(28)15(3)27-10-8-20(22(27)29)25-32(30,31)19-7-5-16-12-18(23)6-4-17(16)13-19/h4-7,12-15,20,25H,8-11,24H2,1-3H3/t15-,20-/m0/s1. The van der Waals surface area contributed by atoms with Crippen LogP contribution in [0.3, 0.4) is 0 Å². The highest BCUT2D eigenvalue weighted by molar-refractivity contribution is 7.89. The molecule has 0 bridgehead atoms. The van der Waals surface area contributed by atoms with E-state index in [9.17, 15) is 18.0 Å². The first-order chi connectivity index (χ1) is 15.0. The average molecular weight is 481 g/mol. The number of hydrogen-bond acceptors (Lipinski definition) is 5. The molecule has 3 rings (SSSR count). The van der Waals surface area contributed by atoms with Gasteiger partial charge in [0, 0.05) is 30.7 Å². The van der Waals surface area contributed by atoms with E-state index in [1.807, 2.05) is 13.8 Å². The highest BCUT2D eigenvalue weighted by Crippen LogP contribution is 2.24. The van der Waals surface area contributed by atoms with E-state index in [2.05, 4.69) is 4.72 Å². The van der Waals surface area contributed by atoms with Crippen LogP contribution in [-0.2, 0) is 19.6 Å². The monoisotopic (exact) mass is 480 g/mol. The first-order valence-corrected chi connectivity index (χ1v) is 12.4. The lowest BCUT2D eigenvalue weighted by atomic mass is 10.1. The summed E-state index contributed by atoms with van der Waals surface area (Å²) in [5, 5.41) is 2.11. The third-order valence-electron chi connectivity index (χ3n) is 5.72. The molecule has 2 aromatic carbocycles. The molecule has 1 saturated heterocycles. The van der Waals surface area contributed by atoms with E-state index in [-0.39, 0.29) is 23.3 Å². The number of hydrogen-bond donors (Lipinski definition) is 2. The van der Waals surface area contributed by atoms with Crippen LogP contribution in [0.2, 0.25) is 5.02 Å². The van der Waals surface area contributed by atoms with Gasteiger partial charge in [-0.3, -0.25) is 9.59 Å². The number of nitrogens with zero attached hydrogens (tertiary/aromatic N) is 2. The van der Waals surface area contributed by atoms with Crippen molar-refractivity contribution in [3.8, 4) is 0 Å². The van der Waals surface area contributed by atoms with Gasteiger partial charge < -0.3 is 15.5 Å². The second-order valence-corrected chi connectivity index (χ2v) is 10.4. The Labute approximate surface area is 193 Å². The number of sulfonamides is 1. The van der Waals surface area contributed by atoms with Crippen molar-refractivity contribution >= 4 is 44.2 Å². The van der Waals surface area contributed by atoms with Crippen molar-refractivity contribution in [2.45, 2.75) is 50.2 Å². The molecule has 2 atom stereocenters. The van der Waals surface area contributed by atoms with E-state index < -0.39 is 28.0 Å². The number of nitrogens with two attached hydrogens (primary N) is 1. The SMILES string of the molecule is CC(C)N(CCN)C(=O)[C@H](C)N1CC[C@H](NS(=O)(=O)c2ccc3cc(Cl)ccc3c2)C1=O. The van der Waals surface area contributed by atoms with Gasteiger partial charge in [0.2, 0.25) is 21.8 Å². The topological polar surface area (TPSA) is 113 Å². The van der Waals surface area contributed by atoms with E-state index in [4.69, 9.17) is 17.3 Å². The van der Waals surface area contributed by atoms with E-state index in [1.165, 1.54) is 11.0 Å². The van der Waals surface area contributed by atoms with E-state index in [1.54, 1.807) is 42.2 Å². The van der Waals surface area contributed by atoms with Crippen molar-refractivity contribution in [2.75, 3.05) is 19.6 Å². The largest absolute Gasteiger partial charge is 0.337 e. The molecule has 0 aliphatic carbocycles. The summed E-state index contributed by atoms with van der Waals surface area (Å²) in [6.45, 7) is 6.46. The molecule has 0 radical (unpaired) electrons. The Morgan fingerprint density at radius 3 is 2.53 bits per heavy atom. The number of amides is 2. The second kappa shape index (κ2) is 9.74. The zero-order valence-corrected chi connectivity index (χ0v) is 20.0. The molecule has 2 amide bonds. The lowest BCUT2D eigenvalue weighted by molar-refractivity contribution is -0.144. The predicted octanol–water partition coefficient (Wildman–Crippen LogP) is 1.96. The van der Waals surface area contributed by atoms with Crippen LogP contribution in [0.25, 0.3) is 10.8 Å². The van der Waals surface area contributed by atoms with E-state index in [0.29, 0.717) is 24.7 Å². The van der Waals surface area contributed by atoms with Gasteiger partial charge in [-0.15, -0.1) is 0 Å².